The molecule has 0 radical (unpaired) electrons. The summed E-state index contributed by atoms with van der Waals surface area (Å²) in [5.41, 5.74) is 1.76. The van der Waals surface area contributed by atoms with Crippen molar-refractivity contribution in [2.45, 2.75) is 49.7 Å². The Labute approximate surface area is 150 Å². The van der Waals surface area contributed by atoms with Crippen molar-refractivity contribution in [3.63, 3.8) is 0 Å². The van der Waals surface area contributed by atoms with Crippen molar-refractivity contribution in [3.05, 3.63) is 42.0 Å². The lowest BCUT2D eigenvalue weighted by molar-refractivity contribution is 0.282. The van der Waals surface area contributed by atoms with Crippen LogP contribution in [-0.4, -0.2) is 17.6 Å². The molecule has 1 unspecified atom stereocenters. The molecule has 0 bridgehead atoms. The fourth-order valence-corrected chi connectivity index (χ4v) is 8.75. The zero-order valence-corrected chi connectivity index (χ0v) is 17.5. The van der Waals surface area contributed by atoms with Crippen molar-refractivity contribution >= 4 is 29.5 Å². The molecule has 1 aromatic heterocycles. The maximum absolute atomic E-state index is 13.0. The first-order chi connectivity index (χ1) is 11.0. The topological polar surface area (TPSA) is 73.2 Å². The molecule has 0 aliphatic carbocycles. The molecule has 0 saturated carbocycles. The lowest BCUT2D eigenvalue weighted by atomic mass is 10.1. The summed E-state index contributed by atoms with van der Waals surface area (Å²) >= 11 is 1.36. The first-order valence-electron chi connectivity index (χ1n) is 7.85. The third kappa shape index (κ3) is 3.97. The van der Waals surface area contributed by atoms with Gasteiger partial charge in [-0.15, -0.1) is 11.3 Å². The van der Waals surface area contributed by atoms with Crippen molar-refractivity contribution in [3.8, 4) is 10.4 Å². The van der Waals surface area contributed by atoms with Crippen LogP contribution in [0.2, 0.25) is 18.1 Å². The summed E-state index contributed by atoms with van der Waals surface area (Å²) in [6.45, 7) is 10.5. The fraction of sp³-hybridized carbons (Fsp3) is 0.412. The van der Waals surface area contributed by atoms with E-state index in [1.54, 1.807) is 6.07 Å². The van der Waals surface area contributed by atoms with Crippen molar-refractivity contribution < 1.29 is 9.32 Å². The van der Waals surface area contributed by atoms with Gasteiger partial charge in [0.05, 0.1) is 6.61 Å². The fourth-order valence-electron chi connectivity index (χ4n) is 2.08. The van der Waals surface area contributed by atoms with Crippen LogP contribution in [0.15, 0.2) is 40.6 Å². The molecule has 1 heterocycles. The Kier molecular flexibility index (Phi) is 5.42. The van der Waals surface area contributed by atoms with Crippen molar-refractivity contribution in [2.24, 2.45) is 0 Å². The third-order valence-corrected chi connectivity index (χ3v) is 14.1. The number of hydrogen-bond donors (Lipinski definition) is 3. The van der Waals surface area contributed by atoms with Crippen LogP contribution in [0, 0.1) is 4.78 Å². The predicted molar refractivity (Wildman–Crippen MR) is 105 cm³/mol. The molecule has 4 nitrogen and oxygen atoms in total. The van der Waals surface area contributed by atoms with Gasteiger partial charge < -0.3 is 5.11 Å². The minimum Gasteiger partial charge on any atom is -0.392 e. The molecule has 24 heavy (non-hydrogen) atoms. The smallest absolute Gasteiger partial charge is 0.140 e. The largest absolute Gasteiger partial charge is 0.392 e. The molecule has 132 valence electrons. The van der Waals surface area contributed by atoms with Crippen LogP contribution in [0.4, 0.5) is 0 Å². The van der Waals surface area contributed by atoms with E-state index in [0.717, 1.165) is 16.0 Å². The molecule has 0 aliphatic rings. The lowest BCUT2D eigenvalue weighted by Crippen LogP contribution is -2.53. The zero-order chi connectivity index (χ0) is 18.2. The van der Waals surface area contributed by atoms with E-state index in [-0.39, 0.29) is 11.6 Å². The Morgan fingerprint density at radius 3 is 2.42 bits per heavy atom. The minimum absolute atomic E-state index is 0.000285. The summed E-state index contributed by atoms with van der Waals surface area (Å²) in [6.07, 6.45) is 0. The Bertz CT molecular complexity index is 821. The number of benzene rings is 1. The van der Waals surface area contributed by atoms with Gasteiger partial charge in [0, 0.05) is 4.88 Å². The normalized spacial score (nSPS) is 15.2. The second-order valence-electron chi connectivity index (χ2n) is 7.47. The highest BCUT2D eigenvalue weighted by atomic mass is 32.2. The van der Waals surface area contributed by atoms with Gasteiger partial charge in [0.2, 0.25) is 0 Å². The number of nitrogens with one attached hydrogen (secondary N) is 2. The average molecular weight is 383 g/mol. The van der Waals surface area contributed by atoms with E-state index < -0.39 is 18.2 Å². The van der Waals surface area contributed by atoms with Gasteiger partial charge in [-0.2, -0.15) is 0 Å². The van der Waals surface area contributed by atoms with E-state index in [9.17, 15) is 9.32 Å². The van der Waals surface area contributed by atoms with Gasteiger partial charge in [0.15, 0.2) is 0 Å². The molecule has 1 aromatic carbocycles. The molecule has 0 spiro atoms. The standard InChI is InChI=1S/C17H26N2O2S2Si/c1-17(2,3)24(4,5)19-23(18,21)16-11-10-15(22-16)14-9-7-6-8-13(14)12-20/h6-11,20H,12H2,1-5H3,(H2,18,19,21). The van der Waals surface area contributed by atoms with Crippen molar-refractivity contribution in [1.29, 1.82) is 4.78 Å². The molecular weight excluding hydrogens is 356 g/mol. The van der Waals surface area contributed by atoms with Crippen molar-refractivity contribution in [2.75, 3.05) is 0 Å². The third-order valence-electron chi connectivity index (χ3n) is 4.59. The first kappa shape index (κ1) is 19.3. The molecular formula is C17H26N2O2S2Si. The SMILES string of the molecule is CC(C)(C)[Si](C)(C)NS(=N)(=O)c1ccc(-c2ccccc2CO)s1. The van der Waals surface area contributed by atoms with Crippen molar-refractivity contribution in [1.82, 2.24) is 4.39 Å². The van der Waals surface area contributed by atoms with Gasteiger partial charge in [0.25, 0.3) is 0 Å². The number of thiophene rings is 1. The van der Waals surface area contributed by atoms with Crippen LogP contribution < -0.4 is 4.39 Å². The number of hydrogen-bond acceptors (Lipinski definition) is 4. The highest BCUT2D eigenvalue weighted by Crippen LogP contribution is 2.37. The molecule has 2 aromatic rings. The summed E-state index contributed by atoms with van der Waals surface area (Å²) < 4.78 is 25.1. The number of aliphatic hydroxyl groups is 1. The van der Waals surface area contributed by atoms with Gasteiger partial charge >= 0.3 is 0 Å². The summed E-state index contributed by atoms with van der Waals surface area (Å²) in [4.78, 5) is 0.923. The van der Waals surface area contributed by atoms with E-state index in [2.05, 4.69) is 38.3 Å². The molecule has 3 N–H and O–H groups in total. The van der Waals surface area contributed by atoms with Crippen LogP contribution in [0.3, 0.4) is 0 Å². The van der Waals surface area contributed by atoms with Crippen LogP contribution in [0.5, 0.6) is 0 Å². The second kappa shape index (κ2) is 6.72. The van der Waals surface area contributed by atoms with E-state index >= 15 is 0 Å². The molecule has 0 amide bonds. The summed E-state index contributed by atoms with van der Waals surface area (Å²) in [5.74, 6) is 0. The van der Waals surface area contributed by atoms with Crippen LogP contribution >= 0.6 is 11.3 Å². The van der Waals surface area contributed by atoms with Gasteiger partial charge in [0.1, 0.15) is 22.4 Å². The molecule has 7 heteroatoms. The Hall–Kier alpha value is -0.993. The quantitative estimate of drug-likeness (QED) is 0.648. The van der Waals surface area contributed by atoms with E-state index in [4.69, 9.17) is 4.78 Å². The molecule has 0 fully saturated rings. The van der Waals surface area contributed by atoms with Crippen LogP contribution in [-0.2, 0) is 16.5 Å². The molecule has 2 rings (SSSR count). The van der Waals surface area contributed by atoms with E-state index in [0.29, 0.717) is 4.21 Å². The van der Waals surface area contributed by atoms with Gasteiger partial charge in [-0.25, -0.2) is 13.4 Å². The first-order valence-corrected chi connectivity index (χ1v) is 13.2. The van der Waals surface area contributed by atoms with Gasteiger partial charge in [-0.05, 0) is 28.3 Å². The predicted octanol–water partition coefficient (Wildman–Crippen LogP) is 4.82. The van der Waals surface area contributed by atoms with E-state index in [1.165, 1.54) is 11.3 Å². The summed E-state index contributed by atoms with van der Waals surface area (Å²) in [6, 6.07) is 11.3. The number of aliphatic hydroxyl groups excluding tert-OH is 1. The minimum atomic E-state index is -3.04. The maximum Gasteiger partial charge on any atom is 0.140 e. The highest BCUT2D eigenvalue weighted by Gasteiger charge is 2.38. The maximum atomic E-state index is 13.0. The van der Waals surface area contributed by atoms with Crippen LogP contribution in [0.25, 0.3) is 10.4 Å². The number of rotatable bonds is 5. The van der Waals surface area contributed by atoms with Gasteiger partial charge in [-0.1, -0.05) is 58.1 Å². The molecule has 0 aliphatic heterocycles. The lowest BCUT2D eigenvalue weighted by Gasteiger charge is -2.37. The molecule has 0 saturated heterocycles. The van der Waals surface area contributed by atoms with Gasteiger partial charge in [-0.3, -0.25) is 0 Å². The Balaban J connectivity index is 2.36. The van der Waals surface area contributed by atoms with Crippen LogP contribution in [0.1, 0.15) is 26.3 Å². The molecule has 1 atom stereocenters. The average Bonchev–Trinajstić information content (AvgIpc) is 2.95. The summed E-state index contributed by atoms with van der Waals surface area (Å²) in [7, 11) is -5.10. The zero-order valence-electron chi connectivity index (χ0n) is 14.8. The Morgan fingerprint density at radius 1 is 1.21 bits per heavy atom. The highest BCUT2D eigenvalue weighted by molar-refractivity contribution is 7.94. The van der Waals surface area contributed by atoms with E-state index in [1.807, 2.05) is 30.3 Å². The second-order valence-corrected chi connectivity index (χ2v) is 15.9. The summed E-state index contributed by atoms with van der Waals surface area (Å²) in [5, 5.41) is 9.49. The Morgan fingerprint density at radius 2 is 1.83 bits per heavy atom. The monoisotopic (exact) mass is 382 g/mol.